The van der Waals surface area contributed by atoms with E-state index >= 15 is 0 Å². The maximum atomic E-state index is 12.4. The standard InChI is InChI=1S/C21H20N4O4/c1-4-11-25-20(26)16-8-6-5-7-15(16)17(24-25)13-22-21(27)23-14-9-10-18(28-2)19(12-14)29-3/h1,5-10,12H,11,13H2,2-3H3,(H2,22,23,27). The molecule has 3 aromatic rings. The van der Waals surface area contributed by atoms with E-state index in [1.54, 1.807) is 36.4 Å². The van der Waals surface area contributed by atoms with Gasteiger partial charge in [0.25, 0.3) is 5.56 Å². The molecule has 1 aromatic heterocycles. The van der Waals surface area contributed by atoms with Crippen molar-refractivity contribution in [2.24, 2.45) is 0 Å². The Labute approximate surface area is 167 Å². The number of carbonyl (C=O) groups excluding carboxylic acids is 1. The number of methoxy groups -OCH3 is 2. The molecule has 1 heterocycles. The summed E-state index contributed by atoms with van der Waals surface area (Å²) in [6.07, 6.45) is 5.33. The van der Waals surface area contributed by atoms with E-state index in [1.807, 2.05) is 6.07 Å². The van der Waals surface area contributed by atoms with Crippen LogP contribution in [0.15, 0.2) is 47.3 Å². The van der Waals surface area contributed by atoms with E-state index in [-0.39, 0.29) is 18.6 Å². The Balaban J connectivity index is 1.78. The fraction of sp³-hybridized carbons (Fsp3) is 0.190. The molecular weight excluding hydrogens is 372 g/mol. The molecule has 0 radical (unpaired) electrons. The predicted octanol–water partition coefficient (Wildman–Crippen LogP) is 2.37. The SMILES string of the molecule is C#CCn1nc(CNC(=O)Nc2ccc(OC)c(OC)c2)c2ccccc2c1=O. The van der Waals surface area contributed by atoms with Crippen molar-refractivity contribution in [2.45, 2.75) is 13.1 Å². The topological polar surface area (TPSA) is 94.5 Å². The van der Waals surface area contributed by atoms with Gasteiger partial charge in [0.2, 0.25) is 0 Å². The quantitative estimate of drug-likeness (QED) is 0.628. The number of fused-ring (bicyclic) bond motifs is 1. The fourth-order valence-electron chi connectivity index (χ4n) is 2.88. The molecule has 8 heteroatoms. The maximum Gasteiger partial charge on any atom is 0.319 e. The lowest BCUT2D eigenvalue weighted by Crippen LogP contribution is -2.31. The van der Waals surface area contributed by atoms with Crippen molar-refractivity contribution in [3.8, 4) is 23.8 Å². The fourth-order valence-corrected chi connectivity index (χ4v) is 2.88. The minimum Gasteiger partial charge on any atom is -0.493 e. The van der Waals surface area contributed by atoms with Gasteiger partial charge in [0, 0.05) is 17.1 Å². The van der Waals surface area contributed by atoms with Crippen LogP contribution in [0.4, 0.5) is 10.5 Å². The molecule has 0 aliphatic rings. The van der Waals surface area contributed by atoms with Gasteiger partial charge in [0.1, 0.15) is 6.54 Å². The predicted molar refractivity (Wildman–Crippen MR) is 110 cm³/mol. The number of hydrogen-bond acceptors (Lipinski definition) is 5. The molecule has 0 aliphatic heterocycles. The highest BCUT2D eigenvalue weighted by Gasteiger charge is 2.12. The van der Waals surface area contributed by atoms with Crippen molar-refractivity contribution in [2.75, 3.05) is 19.5 Å². The van der Waals surface area contributed by atoms with Crippen LogP contribution in [0.5, 0.6) is 11.5 Å². The van der Waals surface area contributed by atoms with Crippen LogP contribution >= 0.6 is 0 Å². The summed E-state index contributed by atoms with van der Waals surface area (Å²) in [5.74, 6) is 3.47. The number of nitrogens with zero attached hydrogens (tertiary/aromatic N) is 2. The smallest absolute Gasteiger partial charge is 0.319 e. The lowest BCUT2D eigenvalue weighted by molar-refractivity contribution is 0.251. The Morgan fingerprint density at radius 2 is 1.86 bits per heavy atom. The third kappa shape index (κ3) is 4.30. The van der Waals surface area contributed by atoms with Gasteiger partial charge in [-0.2, -0.15) is 5.10 Å². The molecule has 0 saturated heterocycles. The third-order valence-electron chi connectivity index (χ3n) is 4.24. The third-order valence-corrected chi connectivity index (χ3v) is 4.24. The van der Waals surface area contributed by atoms with E-state index in [2.05, 4.69) is 21.7 Å². The van der Waals surface area contributed by atoms with E-state index in [4.69, 9.17) is 15.9 Å². The molecule has 2 N–H and O–H groups in total. The van der Waals surface area contributed by atoms with Gasteiger partial charge in [-0.15, -0.1) is 6.42 Å². The number of terminal acetylenes is 1. The van der Waals surface area contributed by atoms with Crippen molar-refractivity contribution in [1.29, 1.82) is 0 Å². The second-order valence-corrected chi connectivity index (χ2v) is 6.04. The number of hydrogen-bond donors (Lipinski definition) is 2. The first kappa shape index (κ1) is 19.8. The monoisotopic (exact) mass is 392 g/mol. The van der Waals surface area contributed by atoms with Crippen molar-refractivity contribution < 1.29 is 14.3 Å². The Morgan fingerprint density at radius 3 is 2.55 bits per heavy atom. The summed E-state index contributed by atoms with van der Waals surface area (Å²) in [7, 11) is 3.05. The molecule has 29 heavy (non-hydrogen) atoms. The second-order valence-electron chi connectivity index (χ2n) is 6.04. The highest BCUT2D eigenvalue weighted by Crippen LogP contribution is 2.29. The van der Waals surface area contributed by atoms with Crippen molar-refractivity contribution in [3.63, 3.8) is 0 Å². The Bertz CT molecular complexity index is 1150. The van der Waals surface area contributed by atoms with Crippen LogP contribution in [-0.4, -0.2) is 30.0 Å². The summed E-state index contributed by atoms with van der Waals surface area (Å²) in [5.41, 5.74) is 0.810. The summed E-state index contributed by atoms with van der Waals surface area (Å²) in [6.45, 7) is 0.166. The van der Waals surface area contributed by atoms with Gasteiger partial charge >= 0.3 is 6.03 Å². The van der Waals surface area contributed by atoms with E-state index in [1.165, 1.54) is 18.9 Å². The number of ether oxygens (including phenoxy) is 2. The van der Waals surface area contributed by atoms with Crippen LogP contribution in [0, 0.1) is 12.3 Å². The van der Waals surface area contributed by atoms with Gasteiger partial charge in [-0.05, 0) is 18.2 Å². The average Bonchev–Trinajstić information content (AvgIpc) is 2.75. The van der Waals surface area contributed by atoms with Crippen LogP contribution in [0.3, 0.4) is 0 Å². The first-order valence-corrected chi connectivity index (χ1v) is 8.76. The van der Waals surface area contributed by atoms with E-state index < -0.39 is 6.03 Å². The minimum atomic E-state index is -0.433. The zero-order valence-electron chi connectivity index (χ0n) is 16.1. The summed E-state index contributed by atoms with van der Waals surface area (Å²) < 4.78 is 11.6. The van der Waals surface area contributed by atoms with E-state index in [0.29, 0.717) is 33.7 Å². The second kappa shape index (κ2) is 8.80. The number of amides is 2. The molecule has 0 bridgehead atoms. The minimum absolute atomic E-state index is 0.0501. The number of nitrogens with one attached hydrogen (secondary N) is 2. The van der Waals surface area contributed by atoms with Crippen molar-refractivity contribution in [1.82, 2.24) is 15.1 Å². The molecule has 3 rings (SSSR count). The molecule has 0 saturated carbocycles. The van der Waals surface area contributed by atoms with Gasteiger partial charge in [0.15, 0.2) is 11.5 Å². The number of urea groups is 1. The largest absolute Gasteiger partial charge is 0.493 e. The Kier molecular flexibility index (Phi) is 6.00. The number of carbonyl (C=O) groups is 1. The van der Waals surface area contributed by atoms with Crippen LogP contribution in [0.1, 0.15) is 5.69 Å². The number of anilines is 1. The number of benzene rings is 2. The number of rotatable bonds is 6. The molecule has 0 aliphatic carbocycles. The summed E-state index contributed by atoms with van der Waals surface area (Å²) in [5, 5.41) is 10.9. The lowest BCUT2D eigenvalue weighted by Gasteiger charge is -2.12. The molecule has 148 valence electrons. The molecular formula is C21H20N4O4. The average molecular weight is 392 g/mol. The Morgan fingerprint density at radius 1 is 1.14 bits per heavy atom. The molecule has 8 nitrogen and oxygen atoms in total. The van der Waals surface area contributed by atoms with Gasteiger partial charge in [0.05, 0.1) is 31.8 Å². The highest BCUT2D eigenvalue weighted by atomic mass is 16.5. The van der Waals surface area contributed by atoms with Gasteiger partial charge < -0.3 is 20.1 Å². The molecule has 2 amide bonds. The molecule has 0 fully saturated rings. The normalized spacial score (nSPS) is 10.2. The molecule has 0 spiro atoms. The highest BCUT2D eigenvalue weighted by molar-refractivity contribution is 5.90. The zero-order chi connectivity index (χ0) is 20.8. The van der Waals surface area contributed by atoms with Crippen molar-refractivity contribution in [3.05, 3.63) is 58.5 Å². The number of aromatic nitrogens is 2. The first-order chi connectivity index (χ1) is 14.1. The van der Waals surface area contributed by atoms with Crippen LogP contribution < -0.4 is 25.7 Å². The summed E-state index contributed by atoms with van der Waals surface area (Å²) in [4.78, 5) is 24.8. The zero-order valence-corrected chi connectivity index (χ0v) is 16.1. The van der Waals surface area contributed by atoms with Gasteiger partial charge in [-0.1, -0.05) is 24.1 Å². The molecule has 0 atom stereocenters. The summed E-state index contributed by atoms with van der Waals surface area (Å²) in [6, 6.07) is 11.7. The van der Waals surface area contributed by atoms with E-state index in [9.17, 15) is 9.59 Å². The van der Waals surface area contributed by atoms with E-state index in [0.717, 1.165) is 0 Å². The first-order valence-electron chi connectivity index (χ1n) is 8.76. The van der Waals surface area contributed by atoms with Gasteiger partial charge in [-0.25, -0.2) is 9.48 Å². The maximum absolute atomic E-state index is 12.4. The van der Waals surface area contributed by atoms with Crippen molar-refractivity contribution >= 4 is 22.5 Å². The van der Waals surface area contributed by atoms with Crippen LogP contribution in [0.2, 0.25) is 0 Å². The summed E-state index contributed by atoms with van der Waals surface area (Å²) >= 11 is 0. The Hall–Kier alpha value is -3.99. The molecule has 2 aromatic carbocycles. The van der Waals surface area contributed by atoms with Crippen LogP contribution in [0.25, 0.3) is 10.8 Å². The lowest BCUT2D eigenvalue weighted by atomic mass is 10.1. The van der Waals surface area contributed by atoms with Crippen LogP contribution in [-0.2, 0) is 13.1 Å². The molecule has 0 unspecified atom stereocenters. The van der Waals surface area contributed by atoms with Gasteiger partial charge in [-0.3, -0.25) is 4.79 Å².